The zero-order chi connectivity index (χ0) is 18.9. The summed E-state index contributed by atoms with van der Waals surface area (Å²) < 4.78 is 5.50. The molecule has 1 spiro atoms. The maximum atomic E-state index is 13.1. The zero-order valence-corrected chi connectivity index (χ0v) is 15.7. The van der Waals surface area contributed by atoms with Gasteiger partial charge in [-0.05, 0) is 41.8 Å². The number of aryl methyl sites for hydroxylation is 1. The van der Waals surface area contributed by atoms with Crippen molar-refractivity contribution < 1.29 is 19.4 Å². The molecule has 1 aliphatic carbocycles. The molecular weight excluding hydrogens is 364 g/mol. The molecule has 1 fully saturated rings. The number of carbonyl (C=O) groups excluding carboxylic acids is 2. The Hall–Kier alpha value is -2.22. The second kappa shape index (κ2) is 7.42. The van der Waals surface area contributed by atoms with Gasteiger partial charge in [0.15, 0.2) is 0 Å². The summed E-state index contributed by atoms with van der Waals surface area (Å²) in [5.74, 6) is -0.281. The van der Waals surface area contributed by atoms with Crippen LogP contribution in [0.5, 0.6) is 0 Å². The molecule has 2 N–H and O–H groups in total. The fourth-order valence-corrected chi connectivity index (χ4v) is 4.57. The summed E-state index contributed by atoms with van der Waals surface area (Å²) in [5, 5.41) is 15.1. The number of benzene rings is 1. The topological polar surface area (TPSA) is 78.9 Å². The van der Waals surface area contributed by atoms with E-state index in [2.05, 4.69) is 5.32 Å². The molecule has 27 heavy (non-hydrogen) atoms. The first-order chi connectivity index (χ1) is 13.1. The molecule has 1 aliphatic heterocycles. The lowest BCUT2D eigenvalue weighted by Crippen LogP contribution is -2.47. The third kappa shape index (κ3) is 3.38. The molecule has 1 aromatic carbocycles. The lowest BCUT2D eigenvalue weighted by molar-refractivity contribution is -0.133. The SMILES string of the molecule is O=C1N[C@@]2(CCCc3ccccc32)C(=O)N1C[C@H](O)COCc1cccs1. The number of imide groups is 1. The highest BCUT2D eigenvalue weighted by molar-refractivity contribution is 7.09. The van der Waals surface area contributed by atoms with Crippen LogP contribution in [0.3, 0.4) is 0 Å². The molecule has 1 saturated heterocycles. The van der Waals surface area contributed by atoms with E-state index >= 15 is 0 Å². The van der Waals surface area contributed by atoms with Crippen LogP contribution < -0.4 is 5.32 Å². The second-order valence-corrected chi connectivity index (χ2v) is 8.04. The van der Waals surface area contributed by atoms with E-state index < -0.39 is 17.7 Å². The maximum absolute atomic E-state index is 13.1. The van der Waals surface area contributed by atoms with Gasteiger partial charge in [0.25, 0.3) is 5.91 Å². The molecule has 0 saturated carbocycles. The van der Waals surface area contributed by atoms with Crippen LogP contribution in [0.15, 0.2) is 41.8 Å². The largest absolute Gasteiger partial charge is 0.389 e. The van der Waals surface area contributed by atoms with Crippen LogP contribution >= 0.6 is 11.3 Å². The van der Waals surface area contributed by atoms with Gasteiger partial charge in [-0.1, -0.05) is 30.3 Å². The van der Waals surface area contributed by atoms with E-state index in [0.717, 1.165) is 33.7 Å². The monoisotopic (exact) mass is 386 g/mol. The minimum absolute atomic E-state index is 0.0680. The Balaban J connectivity index is 1.43. The predicted molar refractivity (Wildman–Crippen MR) is 101 cm³/mol. The molecule has 0 unspecified atom stereocenters. The minimum atomic E-state index is -0.997. The van der Waals surface area contributed by atoms with E-state index in [4.69, 9.17) is 4.74 Å². The third-order valence-corrected chi connectivity index (χ3v) is 6.03. The van der Waals surface area contributed by atoms with Crippen molar-refractivity contribution >= 4 is 23.3 Å². The van der Waals surface area contributed by atoms with Gasteiger partial charge in [-0.2, -0.15) is 0 Å². The number of urea groups is 1. The number of carbonyl (C=O) groups is 2. The summed E-state index contributed by atoms with van der Waals surface area (Å²) in [6, 6.07) is 11.2. The molecule has 2 aliphatic rings. The van der Waals surface area contributed by atoms with Crippen LogP contribution in [0.4, 0.5) is 4.79 Å². The molecular formula is C20H22N2O4S. The van der Waals surface area contributed by atoms with E-state index in [-0.39, 0.29) is 19.1 Å². The number of nitrogens with one attached hydrogen (secondary N) is 1. The fourth-order valence-electron chi connectivity index (χ4n) is 3.93. The number of nitrogens with zero attached hydrogens (tertiary/aromatic N) is 1. The van der Waals surface area contributed by atoms with Gasteiger partial charge in [0.1, 0.15) is 5.54 Å². The van der Waals surface area contributed by atoms with Crippen molar-refractivity contribution in [2.75, 3.05) is 13.2 Å². The van der Waals surface area contributed by atoms with Gasteiger partial charge in [0, 0.05) is 4.88 Å². The van der Waals surface area contributed by atoms with E-state index in [1.807, 2.05) is 41.8 Å². The second-order valence-electron chi connectivity index (χ2n) is 7.01. The first-order valence-electron chi connectivity index (χ1n) is 9.11. The van der Waals surface area contributed by atoms with Gasteiger partial charge in [-0.25, -0.2) is 4.79 Å². The number of aliphatic hydroxyl groups excluding tert-OH is 1. The summed E-state index contributed by atoms with van der Waals surface area (Å²) in [7, 11) is 0. The Morgan fingerprint density at radius 1 is 1.26 bits per heavy atom. The van der Waals surface area contributed by atoms with Crippen molar-refractivity contribution in [1.29, 1.82) is 0 Å². The minimum Gasteiger partial charge on any atom is -0.389 e. The summed E-state index contributed by atoms with van der Waals surface area (Å²) in [4.78, 5) is 27.8. The van der Waals surface area contributed by atoms with Gasteiger partial charge >= 0.3 is 6.03 Å². The van der Waals surface area contributed by atoms with Crippen molar-refractivity contribution in [2.24, 2.45) is 0 Å². The molecule has 6 nitrogen and oxygen atoms in total. The number of β-amino-alcohol motifs (C(OH)–C–C–N with tert-alkyl or cyclic N) is 1. The van der Waals surface area contributed by atoms with Crippen molar-refractivity contribution in [3.8, 4) is 0 Å². The van der Waals surface area contributed by atoms with Crippen LogP contribution in [-0.2, 0) is 28.1 Å². The van der Waals surface area contributed by atoms with E-state index in [1.54, 1.807) is 11.3 Å². The molecule has 2 aromatic rings. The average molecular weight is 386 g/mol. The molecule has 1 aromatic heterocycles. The Morgan fingerprint density at radius 2 is 2.11 bits per heavy atom. The standard InChI is InChI=1S/C20H22N2O4S/c23-15(12-26-13-16-7-4-10-27-16)11-22-18(24)20(21-19(22)25)9-3-6-14-5-1-2-8-17(14)20/h1-2,4-5,7-8,10,15,23H,3,6,9,11-13H2,(H,21,25)/t15-,20+/m0/s1. The molecule has 2 atom stereocenters. The molecule has 0 radical (unpaired) electrons. The zero-order valence-electron chi connectivity index (χ0n) is 14.9. The number of hydrogen-bond acceptors (Lipinski definition) is 5. The van der Waals surface area contributed by atoms with E-state index in [0.29, 0.717) is 13.0 Å². The molecule has 4 rings (SSSR count). The van der Waals surface area contributed by atoms with Gasteiger partial charge in [-0.15, -0.1) is 11.3 Å². The van der Waals surface area contributed by atoms with Gasteiger partial charge in [0.05, 0.1) is 25.9 Å². The van der Waals surface area contributed by atoms with Crippen molar-refractivity contribution in [3.05, 3.63) is 57.8 Å². The van der Waals surface area contributed by atoms with Gasteiger partial charge in [0.2, 0.25) is 0 Å². The summed E-state index contributed by atoms with van der Waals surface area (Å²) in [5.41, 5.74) is 0.975. The van der Waals surface area contributed by atoms with Gasteiger partial charge < -0.3 is 15.2 Å². The first-order valence-corrected chi connectivity index (χ1v) is 9.99. The molecule has 0 bridgehead atoms. The maximum Gasteiger partial charge on any atom is 0.325 e. The molecule has 7 heteroatoms. The quantitative estimate of drug-likeness (QED) is 0.748. The average Bonchev–Trinajstić information content (AvgIpc) is 3.26. The highest BCUT2D eigenvalue weighted by atomic mass is 32.1. The van der Waals surface area contributed by atoms with Crippen LogP contribution in [-0.4, -0.2) is 41.2 Å². The summed E-state index contributed by atoms with van der Waals surface area (Å²) >= 11 is 1.58. The lowest BCUT2D eigenvalue weighted by Gasteiger charge is -2.33. The third-order valence-electron chi connectivity index (χ3n) is 5.18. The highest BCUT2D eigenvalue weighted by Gasteiger charge is 2.54. The Labute approximate surface area is 161 Å². The van der Waals surface area contributed by atoms with Crippen LogP contribution in [0.25, 0.3) is 0 Å². The molecule has 3 amide bonds. The fraction of sp³-hybridized carbons (Fsp3) is 0.400. The number of fused-ring (bicyclic) bond motifs is 2. The predicted octanol–water partition coefficient (Wildman–Crippen LogP) is 2.41. The van der Waals surface area contributed by atoms with Crippen LogP contribution in [0.1, 0.15) is 28.8 Å². The summed E-state index contributed by atoms with van der Waals surface area (Å²) in [6.45, 7) is 0.407. The number of aliphatic hydroxyl groups is 1. The Bertz CT molecular complexity index is 838. The highest BCUT2D eigenvalue weighted by Crippen LogP contribution is 2.39. The van der Waals surface area contributed by atoms with Gasteiger partial charge in [-0.3, -0.25) is 9.69 Å². The Kier molecular flexibility index (Phi) is 4.99. The van der Waals surface area contributed by atoms with E-state index in [1.165, 1.54) is 0 Å². The smallest absolute Gasteiger partial charge is 0.325 e. The van der Waals surface area contributed by atoms with Crippen molar-refractivity contribution in [2.45, 2.75) is 37.5 Å². The van der Waals surface area contributed by atoms with E-state index in [9.17, 15) is 14.7 Å². The molecule has 2 heterocycles. The van der Waals surface area contributed by atoms with Crippen molar-refractivity contribution in [3.63, 3.8) is 0 Å². The number of hydrogen-bond donors (Lipinski definition) is 2. The van der Waals surface area contributed by atoms with Crippen molar-refractivity contribution in [1.82, 2.24) is 10.2 Å². The summed E-state index contributed by atoms with van der Waals surface area (Å²) in [6.07, 6.45) is 1.40. The number of ether oxygens (including phenoxy) is 1. The number of rotatable bonds is 6. The normalized spacial score (nSPS) is 22.8. The molecule has 142 valence electrons. The van der Waals surface area contributed by atoms with Crippen LogP contribution in [0, 0.1) is 0 Å². The number of amides is 3. The lowest BCUT2D eigenvalue weighted by atomic mass is 9.76. The number of thiophene rings is 1. The first kappa shape index (κ1) is 18.2. The van der Waals surface area contributed by atoms with Crippen LogP contribution in [0.2, 0.25) is 0 Å². The Morgan fingerprint density at radius 3 is 2.93 bits per heavy atom.